The highest BCUT2D eigenvalue weighted by atomic mass is 16.7. The summed E-state index contributed by atoms with van der Waals surface area (Å²) >= 11 is 0. The Labute approximate surface area is 326 Å². The highest BCUT2D eigenvalue weighted by Crippen LogP contribution is 2.22. The molecule has 3 amide bonds. The number of nitrogens with one attached hydrogen (secondary N) is 5. The number of benzene rings is 1. The van der Waals surface area contributed by atoms with Gasteiger partial charge < -0.3 is 62.0 Å². The van der Waals surface area contributed by atoms with E-state index >= 15 is 0 Å². The number of aromatic amines is 1. The smallest absolute Gasteiger partial charge is 0.335 e. The van der Waals surface area contributed by atoms with E-state index < -0.39 is 78.0 Å². The summed E-state index contributed by atoms with van der Waals surface area (Å²) in [6.45, 7) is -0.0418. The fraction of sp³-hybridized carbons (Fsp3) is 0.424. The number of fused-ring (bicyclic) bond motifs is 1. The molecule has 0 radical (unpaired) electrons. The second-order valence-corrected chi connectivity index (χ2v) is 12.8. The fourth-order valence-electron chi connectivity index (χ4n) is 5.62. The second kappa shape index (κ2) is 19.0. The molecule has 0 aliphatic carbocycles. The molecule has 1 aliphatic heterocycles. The number of aromatic nitrogens is 7. The first-order valence-corrected chi connectivity index (χ1v) is 17.5. The van der Waals surface area contributed by atoms with Crippen LogP contribution in [0.15, 0.2) is 41.5 Å². The summed E-state index contributed by atoms with van der Waals surface area (Å²) in [5, 5.41) is 67.0. The van der Waals surface area contributed by atoms with Crippen LogP contribution in [0.1, 0.15) is 34.6 Å². The molecule has 1 fully saturated rings. The fourth-order valence-corrected chi connectivity index (χ4v) is 5.62. The van der Waals surface area contributed by atoms with Gasteiger partial charge in [0.2, 0.25) is 17.8 Å². The molecule has 7 atom stereocenters. The Morgan fingerprint density at radius 1 is 1.00 bits per heavy atom. The highest BCUT2D eigenvalue weighted by Gasteiger charge is 2.47. The number of aliphatic carboxylic acids is 2. The maximum Gasteiger partial charge on any atom is 0.335 e. The van der Waals surface area contributed by atoms with Crippen LogP contribution in [0.3, 0.4) is 0 Å². The molecule has 25 nitrogen and oxygen atoms in total. The third kappa shape index (κ3) is 10.8. The molecule has 1 aliphatic rings. The number of carbonyl (C=O) groups excluding carboxylic acids is 3. The van der Waals surface area contributed by atoms with E-state index in [2.05, 4.69) is 51.5 Å². The zero-order valence-corrected chi connectivity index (χ0v) is 30.5. The number of hydrogen-bond donors (Lipinski definition) is 11. The standard InChI is InChI=1S/C33H40N12O13/c1-35-28(51)19(10-16-13-45(44-43-16)8-9-57-32-24(49)22(47)23(48)25(58-32)31(55)56)39-20(46)7-6-18(30(53)54)40-27(50)14-2-4-15(5-3-14)36-11-17-12-37-26-21(38-17)29(52)42-33(34)41-26/h2-5,12-13,18-19,22-25,32,36,47-49H,6-11H2,1H3,(H,35,51)(H,39,46)(H,40,50)(H,53,54)(H,55,56)(H3,34,37,41,42,52)/t18-,19-,22-,23?,24?,25?,32+/m0/s1. The van der Waals surface area contributed by atoms with Crippen molar-refractivity contribution in [3.05, 3.63) is 64.0 Å². The van der Waals surface area contributed by atoms with Crippen molar-refractivity contribution >= 4 is 52.5 Å². The Hall–Kier alpha value is -6.67. The summed E-state index contributed by atoms with van der Waals surface area (Å²) in [6, 6.07) is 3.44. The first-order chi connectivity index (χ1) is 27.6. The molecule has 3 aromatic heterocycles. The maximum atomic E-state index is 12.9. The van der Waals surface area contributed by atoms with Crippen LogP contribution in [-0.4, -0.2) is 147 Å². The third-order valence-corrected chi connectivity index (χ3v) is 8.68. The van der Waals surface area contributed by atoms with Gasteiger partial charge in [0.1, 0.15) is 30.4 Å². The number of nitrogens with two attached hydrogens (primary N) is 1. The predicted octanol–water partition coefficient (Wildman–Crippen LogP) is -4.16. The van der Waals surface area contributed by atoms with Crippen molar-refractivity contribution in [2.75, 3.05) is 24.7 Å². The monoisotopic (exact) mass is 812 g/mol. The lowest BCUT2D eigenvalue weighted by atomic mass is 9.99. The number of nitrogen functional groups attached to an aromatic ring is 1. The molecule has 0 bridgehead atoms. The molecule has 4 heterocycles. The number of H-pyrrole nitrogens is 1. The van der Waals surface area contributed by atoms with Crippen LogP contribution in [0.4, 0.5) is 11.6 Å². The predicted molar refractivity (Wildman–Crippen MR) is 194 cm³/mol. The first kappa shape index (κ1) is 42.5. The number of aliphatic hydroxyl groups is 3. The van der Waals surface area contributed by atoms with E-state index in [1.54, 1.807) is 12.1 Å². The van der Waals surface area contributed by atoms with Crippen LogP contribution >= 0.6 is 0 Å². The van der Waals surface area contributed by atoms with Gasteiger partial charge in [0.15, 0.2) is 23.6 Å². The summed E-state index contributed by atoms with van der Waals surface area (Å²) in [5.74, 6) is -5.04. The minimum Gasteiger partial charge on any atom is -0.480 e. The summed E-state index contributed by atoms with van der Waals surface area (Å²) in [5.41, 5.74) is 6.48. The van der Waals surface area contributed by atoms with E-state index in [4.69, 9.17) is 15.2 Å². The van der Waals surface area contributed by atoms with Gasteiger partial charge in [-0.1, -0.05) is 5.21 Å². The van der Waals surface area contributed by atoms with Gasteiger partial charge in [-0.05, 0) is 30.7 Å². The Balaban J connectivity index is 1.08. The normalized spacial score (nSPS) is 20.1. The SMILES string of the molecule is CNC(=O)[C@H](Cc1cn(CCO[C@@H]2OC(C(=O)O)C(O)[C@H](O)C2O)nn1)NC(=O)CC[C@H](NC(=O)c1ccc(NCc2cnc3nc(N)[nH]c(=O)c3n2)cc1)C(=O)O. The molecule has 25 heteroatoms. The van der Waals surface area contributed by atoms with E-state index in [1.165, 1.54) is 36.3 Å². The number of nitrogens with zero attached hydrogens (tertiary/aromatic N) is 6. The Bertz CT molecular complexity index is 2180. The molecule has 1 aromatic carbocycles. The third-order valence-electron chi connectivity index (χ3n) is 8.68. The molecule has 0 spiro atoms. The molecular weight excluding hydrogens is 772 g/mol. The molecule has 310 valence electrons. The van der Waals surface area contributed by atoms with Gasteiger partial charge in [-0.25, -0.2) is 24.2 Å². The highest BCUT2D eigenvalue weighted by molar-refractivity contribution is 5.97. The average molecular weight is 813 g/mol. The van der Waals surface area contributed by atoms with Gasteiger partial charge in [0.05, 0.1) is 37.3 Å². The van der Waals surface area contributed by atoms with Gasteiger partial charge >= 0.3 is 11.9 Å². The van der Waals surface area contributed by atoms with E-state index in [0.29, 0.717) is 11.4 Å². The van der Waals surface area contributed by atoms with E-state index in [9.17, 15) is 54.3 Å². The van der Waals surface area contributed by atoms with Gasteiger partial charge in [-0.15, -0.1) is 5.10 Å². The Morgan fingerprint density at radius 3 is 2.43 bits per heavy atom. The molecule has 0 saturated carbocycles. The Kier molecular flexibility index (Phi) is 13.9. The minimum absolute atomic E-state index is 0.00278. The number of carboxylic acid groups (broad SMARTS) is 2. The largest absolute Gasteiger partial charge is 0.480 e. The molecule has 4 aromatic rings. The van der Waals surface area contributed by atoms with Crippen molar-refractivity contribution in [3.8, 4) is 0 Å². The van der Waals surface area contributed by atoms with Gasteiger partial charge in [0, 0.05) is 37.3 Å². The van der Waals surface area contributed by atoms with Crippen LogP contribution in [0.25, 0.3) is 11.2 Å². The summed E-state index contributed by atoms with van der Waals surface area (Å²) in [7, 11) is 1.35. The molecule has 58 heavy (non-hydrogen) atoms. The summed E-state index contributed by atoms with van der Waals surface area (Å²) in [6.07, 6.45) is -6.82. The van der Waals surface area contributed by atoms with Crippen LogP contribution in [0, 0.1) is 0 Å². The van der Waals surface area contributed by atoms with Crippen molar-refractivity contribution in [1.82, 2.24) is 50.9 Å². The number of carboxylic acids is 2. The molecule has 3 unspecified atom stereocenters. The lowest BCUT2D eigenvalue weighted by molar-refractivity contribution is -0.294. The molecular formula is C33H40N12O13. The first-order valence-electron chi connectivity index (χ1n) is 17.5. The number of hydrogen-bond acceptors (Lipinski definition) is 18. The minimum atomic E-state index is -1.87. The number of ether oxygens (including phenoxy) is 2. The molecule has 1 saturated heterocycles. The maximum absolute atomic E-state index is 12.9. The zero-order valence-electron chi connectivity index (χ0n) is 30.5. The van der Waals surface area contributed by atoms with Gasteiger partial charge in [-0.3, -0.25) is 24.2 Å². The van der Waals surface area contributed by atoms with Crippen molar-refractivity contribution in [1.29, 1.82) is 0 Å². The van der Waals surface area contributed by atoms with Crippen molar-refractivity contribution in [2.24, 2.45) is 0 Å². The number of rotatable bonds is 18. The summed E-state index contributed by atoms with van der Waals surface area (Å²) in [4.78, 5) is 88.4. The quantitative estimate of drug-likeness (QED) is 0.0454. The molecule has 12 N–H and O–H groups in total. The van der Waals surface area contributed by atoms with Crippen LogP contribution in [0.5, 0.6) is 0 Å². The molecule has 5 rings (SSSR count). The van der Waals surface area contributed by atoms with Gasteiger partial charge in [-0.2, -0.15) is 4.98 Å². The van der Waals surface area contributed by atoms with E-state index in [-0.39, 0.29) is 67.3 Å². The zero-order chi connectivity index (χ0) is 42.1. The van der Waals surface area contributed by atoms with Crippen molar-refractivity contribution in [3.63, 3.8) is 0 Å². The van der Waals surface area contributed by atoms with Crippen LogP contribution < -0.4 is 32.6 Å². The second-order valence-electron chi connectivity index (χ2n) is 12.8. The van der Waals surface area contributed by atoms with E-state index in [1.807, 2.05) is 0 Å². The Morgan fingerprint density at radius 2 is 1.74 bits per heavy atom. The number of anilines is 2. The lowest BCUT2D eigenvalue weighted by Gasteiger charge is -2.38. The number of amides is 3. The summed E-state index contributed by atoms with van der Waals surface area (Å²) < 4.78 is 11.7. The topological polar surface area (TPSA) is 381 Å². The van der Waals surface area contributed by atoms with Crippen LogP contribution in [-0.2, 0) is 48.2 Å². The number of carbonyl (C=O) groups is 5. The van der Waals surface area contributed by atoms with Crippen molar-refractivity contribution < 1.29 is 59.0 Å². The van der Waals surface area contributed by atoms with Gasteiger partial charge in [0.25, 0.3) is 11.5 Å². The van der Waals surface area contributed by atoms with Crippen LogP contribution in [0.2, 0.25) is 0 Å². The average Bonchev–Trinajstić information content (AvgIpc) is 3.64. The number of aliphatic hydroxyl groups excluding tert-OH is 3. The van der Waals surface area contributed by atoms with Crippen molar-refractivity contribution in [2.45, 2.75) is 75.1 Å². The lowest BCUT2D eigenvalue weighted by Crippen LogP contribution is -2.60. The van der Waals surface area contributed by atoms with E-state index in [0.717, 1.165) is 0 Å². The number of likely N-dealkylation sites (N-methyl/N-ethyl adjacent to an activating group) is 1.